The van der Waals surface area contributed by atoms with Crippen LogP contribution in [0.2, 0.25) is 10.0 Å². The summed E-state index contributed by atoms with van der Waals surface area (Å²) in [5, 5.41) is 10.5. The SMILES string of the molecule is O=S(=O)(c1ccc(N=Cc2cc(Cl)cc(Cl)c2O)cc1)N1CCc2ccccc2C1. The van der Waals surface area contributed by atoms with Crippen molar-refractivity contribution in [2.75, 3.05) is 6.54 Å². The van der Waals surface area contributed by atoms with E-state index >= 15 is 0 Å². The molecule has 1 N–H and O–H groups in total. The van der Waals surface area contributed by atoms with E-state index in [4.69, 9.17) is 23.2 Å². The maximum Gasteiger partial charge on any atom is 0.243 e. The summed E-state index contributed by atoms with van der Waals surface area (Å²) in [6.45, 7) is 0.821. The molecule has 0 aliphatic carbocycles. The number of aromatic hydroxyl groups is 1. The molecule has 0 bridgehead atoms. The number of sulfonamides is 1. The topological polar surface area (TPSA) is 70.0 Å². The zero-order valence-electron chi connectivity index (χ0n) is 15.8. The van der Waals surface area contributed by atoms with Crippen LogP contribution in [-0.2, 0) is 23.0 Å². The molecule has 1 heterocycles. The molecule has 0 atom stereocenters. The van der Waals surface area contributed by atoms with Gasteiger partial charge in [-0.25, -0.2) is 8.42 Å². The molecule has 1 aliphatic heterocycles. The maximum atomic E-state index is 13.0. The summed E-state index contributed by atoms with van der Waals surface area (Å²) in [5.74, 6) is -0.116. The monoisotopic (exact) mass is 460 g/mol. The van der Waals surface area contributed by atoms with Gasteiger partial charge in [0.15, 0.2) is 0 Å². The van der Waals surface area contributed by atoms with Gasteiger partial charge < -0.3 is 5.11 Å². The minimum absolute atomic E-state index is 0.116. The molecule has 4 rings (SSSR count). The summed E-state index contributed by atoms with van der Waals surface area (Å²) >= 11 is 11.9. The zero-order chi connectivity index (χ0) is 21.3. The molecule has 0 fully saturated rings. The fourth-order valence-corrected chi connectivity index (χ4v) is 5.28. The average molecular weight is 461 g/mol. The van der Waals surface area contributed by atoms with Gasteiger partial charge in [0.2, 0.25) is 10.0 Å². The summed E-state index contributed by atoms with van der Waals surface area (Å²) in [6.07, 6.45) is 2.13. The first-order valence-corrected chi connectivity index (χ1v) is 11.4. The Morgan fingerprint density at radius 2 is 1.70 bits per heavy atom. The Morgan fingerprint density at radius 1 is 1.00 bits per heavy atom. The van der Waals surface area contributed by atoms with Gasteiger partial charge in [0.05, 0.1) is 15.6 Å². The van der Waals surface area contributed by atoms with Crippen LogP contribution in [0.5, 0.6) is 5.75 Å². The lowest BCUT2D eigenvalue weighted by Gasteiger charge is -2.28. The maximum absolute atomic E-state index is 13.0. The third-order valence-corrected chi connectivity index (χ3v) is 7.35. The molecule has 0 unspecified atom stereocenters. The van der Waals surface area contributed by atoms with E-state index in [1.54, 1.807) is 18.2 Å². The quantitative estimate of drug-likeness (QED) is 0.544. The van der Waals surface area contributed by atoms with Crippen molar-refractivity contribution in [1.29, 1.82) is 0 Å². The first-order chi connectivity index (χ1) is 14.3. The fraction of sp³-hybridized carbons (Fsp3) is 0.136. The molecular weight excluding hydrogens is 443 g/mol. The van der Waals surface area contributed by atoms with E-state index in [1.807, 2.05) is 24.3 Å². The van der Waals surface area contributed by atoms with E-state index in [1.165, 1.54) is 34.3 Å². The molecule has 5 nitrogen and oxygen atoms in total. The van der Waals surface area contributed by atoms with Crippen molar-refractivity contribution in [1.82, 2.24) is 4.31 Å². The standard InChI is InChI=1S/C22H18Cl2N2O3S/c23-18-11-17(22(27)21(24)12-18)13-25-19-5-7-20(8-6-19)30(28,29)26-10-9-15-3-1-2-4-16(15)14-26/h1-8,11-13,27H,9-10,14H2. The molecule has 30 heavy (non-hydrogen) atoms. The van der Waals surface area contributed by atoms with Gasteiger partial charge in [0, 0.05) is 29.9 Å². The van der Waals surface area contributed by atoms with Gasteiger partial charge in [-0.2, -0.15) is 4.31 Å². The highest BCUT2D eigenvalue weighted by Crippen LogP contribution is 2.31. The largest absolute Gasteiger partial charge is 0.506 e. The molecule has 0 radical (unpaired) electrons. The second-order valence-corrected chi connectivity index (χ2v) is 9.72. The number of phenolic OH excluding ortho intramolecular Hbond substituents is 1. The highest BCUT2D eigenvalue weighted by Gasteiger charge is 2.28. The van der Waals surface area contributed by atoms with E-state index in [-0.39, 0.29) is 15.7 Å². The molecule has 0 saturated carbocycles. The fourth-order valence-electron chi connectivity index (χ4n) is 3.36. The second kappa shape index (κ2) is 8.40. The average Bonchev–Trinajstić information content (AvgIpc) is 2.75. The number of rotatable bonds is 4. The third kappa shape index (κ3) is 4.23. The van der Waals surface area contributed by atoms with E-state index in [0.717, 1.165) is 5.56 Å². The molecule has 0 amide bonds. The Balaban J connectivity index is 1.54. The van der Waals surface area contributed by atoms with Crippen molar-refractivity contribution < 1.29 is 13.5 Å². The van der Waals surface area contributed by atoms with Gasteiger partial charge in [-0.05, 0) is 53.9 Å². The second-order valence-electron chi connectivity index (χ2n) is 6.93. The smallest absolute Gasteiger partial charge is 0.243 e. The first kappa shape index (κ1) is 20.9. The number of benzene rings is 3. The van der Waals surface area contributed by atoms with Crippen LogP contribution in [0.3, 0.4) is 0 Å². The van der Waals surface area contributed by atoms with E-state index in [2.05, 4.69) is 4.99 Å². The molecular formula is C22H18Cl2N2O3S. The summed E-state index contributed by atoms with van der Waals surface area (Å²) in [5.41, 5.74) is 3.14. The lowest BCUT2D eigenvalue weighted by molar-refractivity contribution is 0.391. The Bertz CT molecular complexity index is 1230. The van der Waals surface area contributed by atoms with Crippen LogP contribution in [0, 0.1) is 0 Å². The van der Waals surface area contributed by atoms with Crippen LogP contribution in [-0.4, -0.2) is 30.6 Å². The van der Waals surface area contributed by atoms with Crippen molar-refractivity contribution in [3.63, 3.8) is 0 Å². The van der Waals surface area contributed by atoms with Crippen molar-refractivity contribution in [2.24, 2.45) is 4.99 Å². The van der Waals surface area contributed by atoms with Crippen molar-refractivity contribution >= 4 is 45.1 Å². The Labute approximate surface area is 185 Å². The third-order valence-electron chi connectivity index (χ3n) is 4.98. The Hall–Kier alpha value is -2.38. The predicted octanol–water partition coefficient (Wildman–Crippen LogP) is 5.20. The van der Waals surface area contributed by atoms with Gasteiger partial charge >= 0.3 is 0 Å². The van der Waals surface area contributed by atoms with Crippen molar-refractivity contribution in [3.05, 3.63) is 87.4 Å². The number of fused-ring (bicyclic) bond motifs is 1. The van der Waals surface area contributed by atoms with Gasteiger partial charge in [-0.15, -0.1) is 0 Å². The summed E-state index contributed by atoms with van der Waals surface area (Å²) in [7, 11) is -3.60. The molecule has 0 aromatic heterocycles. The Kier molecular flexibility index (Phi) is 5.84. The van der Waals surface area contributed by atoms with E-state index < -0.39 is 10.0 Å². The van der Waals surface area contributed by atoms with Crippen LogP contribution >= 0.6 is 23.2 Å². The van der Waals surface area contributed by atoms with Crippen molar-refractivity contribution in [3.8, 4) is 5.75 Å². The number of hydrogen-bond donors (Lipinski definition) is 1. The van der Waals surface area contributed by atoms with Crippen LogP contribution in [0.1, 0.15) is 16.7 Å². The van der Waals surface area contributed by atoms with Gasteiger partial charge in [-0.1, -0.05) is 47.5 Å². The summed E-state index contributed by atoms with van der Waals surface area (Å²) in [4.78, 5) is 4.49. The molecule has 1 aliphatic rings. The highest BCUT2D eigenvalue weighted by atomic mass is 35.5. The number of phenols is 1. The van der Waals surface area contributed by atoms with E-state index in [9.17, 15) is 13.5 Å². The first-order valence-electron chi connectivity index (χ1n) is 9.24. The molecule has 3 aromatic carbocycles. The van der Waals surface area contributed by atoms with Crippen LogP contribution in [0.15, 0.2) is 70.6 Å². The lowest BCUT2D eigenvalue weighted by atomic mass is 10.0. The van der Waals surface area contributed by atoms with Crippen LogP contribution < -0.4 is 0 Å². The van der Waals surface area contributed by atoms with E-state index in [0.29, 0.717) is 35.8 Å². The molecule has 154 valence electrons. The predicted molar refractivity (Wildman–Crippen MR) is 120 cm³/mol. The molecule has 8 heteroatoms. The lowest BCUT2D eigenvalue weighted by Crippen LogP contribution is -2.35. The van der Waals surface area contributed by atoms with Crippen LogP contribution in [0.25, 0.3) is 0 Å². The minimum atomic E-state index is -3.60. The molecule has 3 aromatic rings. The number of hydrogen-bond acceptors (Lipinski definition) is 4. The van der Waals surface area contributed by atoms with Gasteiger partial charge in [0.25, 0.3) is 0 Å². The van der Waals surface area contributed by atoms with Gasteiger partial charge in [-0.3, -0.25) is 4.99 Å². The summed E-state index contributed by atoms with van der Waals surface area (Å²) < 4.78 is 27.6. The molecule has 0 spiro atoms. The molecule has 0 saturated heterocycles. The number of nitrogens with zero attached hydrogens (tertiary/aromatic N) is 2. The normalized spacial score (nSPS) is 14.7. The van der Waals surface area contributed by atoms with Crippen LogP contribution in [0.4, 0.5) is 5.69 Å². The summed E-state index contributed by atoms with van der Waals surface area (Å²) in [6, 6.07) is 17.2. The highest BCUT2D eigenvalue weighted by molar-refractivity contribution is 7.89. The minimum Gasteiger partial charge on any atom is -0.506 e. The van der Waals surface area contributed by atoms with Crippen molar-refractivity contribution in [2.45, 2.75) is 17.9 Å². The zero-order valence-corrected chi connectivity index (χ0v) is 18.1. The Morgan fingerprint density at radius 3 is 2.43 bits per heavy atom. The van der Waals surface area contributed by atoms with Gasteiger partial charge in [0.1, 0.15) is 5.75 Å². The number of aliphatic imine (C=N–C) groups is 1. The number of halogens is 2.